The summed E-state index contributed by atoms with van der Waals surface area (Å²) in [5.74, 6) is 0.216. The fraction of sp³-hybridized carbons (Fsp3) is 0.222. The smallest absolute Gasteiger partial charge is 0.261 e. The maximum absolute atomic E-state index is 11.7. The Kier molecular flexibility index (Phi) is 2.24. The third kappa shape index (κ3) is 1.88. The number of carbonyl (C=O) groups is 1. The van der Waals surface area contributed by atoms with Crippen molar-refractivity contribution in [1.29, 1.82) is 0 Å². The van der Waals surface area contributed by atoms with Crippen LogP contribution >= 0.6 is 0 Å². The maximum Gasteiger partial charge on any atom is 0.261 e. The van der Waals surface area contributed by atoms with Crippen molar-refractivity contribution in [2.24, 2.45) is 0 Å². The summed E-state index contributed by atoms with van der Waals surface area (Å²) < 4.78 is 0. The van der Waals surface area contributed by atoms with Gasteiger partial charge in [-0.15, -0.1) is 0 Å². The Bertz CT molecular complexity index is 484. The van der Waals surface area contributed by atoms with Gasteiger partial charge in [-0.1, -0.05) is 0 Å². The average molecular weight is 205 g/mol. The molecule has 0 saturated heterocycles. The fourth-order valence-corrected chi connectivity index (χ4v) is 1.23. The second-order valence-electron chi connectivity index (χ2n) is 3.28. The highest BCUT2D eigenvalue weighted by atomic mass is 16.1. The van der Waals surface area contributed by atoms with Crippen LogP contribution in [0.3, 0.4) is 0 Å². The lowest BCUT2D eigenvalue weighted by atomic mass is 10.2. The van der Waals surface area contributed by atoms with Crippen molar-refractivity contribution >= 4 is 11.9 Å². The van der Waals surface area contributed by atoms with Crippen LogP contribution in [0.2, 0.25) is 0 Å². The van der Waals surface area contributed by atoms with Crippen LogP contribution in [0.15, 0.2) is 12.4 Å². The molecule has 0 aromatic carbocycles. The number of aromatic amines is 2. The van der Waals surface area contributed by atoms with Crippen LogP contribution in [0.25, 0.3) is 0 Å². The molecule has 0 spiro atoms. The lowest BCUT2D eigenvalue weighted by molar-refractivity contribution is 0.102. The normalized spacial score (nSPS) is 10.3. The average Bonchev–Trinajstić information content (AvgIpc) is 2.75. The Hall–Kier alpha value is -2.11. The summed E-state index contributed by atoms with van der Waals surface area (Å²) in [4.78, 5) is 18.6. The molecule has 78 valence electrons. The van der Waals surface area contributed by atoms with Crippen LogP contribution in [-0.2, 0) is 0 Å². The Morgan fingerprint density at radius 3 is 2.73 bits per heavy atom. The molecule has 2 rings (SSSR count). The molecule has 1 amide bonds. The van der Waals surface area contributed by atoms with Crippen LogP contribution in [0, 0.1) is 13.8 Å². The zero-order valence-electron chi connectivity index (χ0n) is 8.46. The van der Waals surface area contributed by atoms with Gasteiger partial charge >= 0.3 is 0 Å². The Labute approximate surface area is 86.1 Å². The van der Waals surface area contributed by atoms with Gasteiger partial charge in [-0.3, -0.25) is 15.2 Å². The summed E-state index contributed by atoms with van der Waals surface area (Å²) in [6.45, 7) is 3.65. The van der Waals surface area contributed by atoms with Crippen molar-refractivity contribution in [1.82, 2.24) is 20.2 Å². The van der Waals surface area contributed by atoms with E-state index >= 15 is 0 Å². The van der Waals surface area contributed by atoms with Gasteiger partial charge in [-0.25, -0.2) is 4.98 Å². The summed E-state index contributed by atoms with van der Waals surface area (Å²) in [5, 5.41) is 9.11. The lowest BCUT2D eigenvalue weighted by Crippen LogP contribution is -2.13. The molecule has 2 aromatic rings. The Balaban J connectivity index is 2.14. The number of anilines is 1. The quantitative estimate of drug-likeness (QED) is 0.683. The van der Waals surface area contributed by atoms with E-state index in [1.165, 1.54) is 6.20 Å². The van der Waals surface area contributed by atoms with Gasteiger partial charge in [0.1, 0.15) is 0 Å². The molecule has 3 N–H and O–H groups in total. The number of aryl methyl sites for hydroxylation is 2. The number of imidazole rings is 1. The van der Waals surface area contributed by atoms with Crippen molar-refractivity contribution in [2.75, 3.05) is 5.32 Å². The van der Waals surface area contributed by atoms with Gasteiger partial charge in [0.05, 0.1) is 11.8 Å². The van der Waals surface area contributed by atoms with Gasteiger partial charge < -0.3 is 4.98 Å². The fourth-order valence-electron chi connectivity index (χ4n) is 1.23. The number of hydrogen-bond acceptors (Lipinski definition) is 3. The first kappa shape index (κ1) is 9.45. The zero-order chi connectivity index (χ0) is 10.8. The molecule has 0 atom stereocenters. The minimum atomic E-state index is -0.226. The molecule has 15 heavy (non-hydrogen) atoms. The zero-order valence-corrected chi connectivity index (χ0v) is 8.46. The van der Waals surface area contributed by atoms with Crippen molar-refractivity contribution in [2.45, 2.75) is 13.8 Å². The molecule has 0 unspecified atom stereocenters. The van der Waals surface area contributed by atoms with Gasteiger partial charge in [0.25, 0.3) is 5.91 Å². The number of carbonyl (C=O) groups excluding carboxylic acids is 1. The van der Waals surface area contributed by atoms with Crippen molar-refractivity contribution < 1.29 is 4.79 Å². The predicted octanol–water partition coefficient (Wildman–Crippen LogP) is 1.00. The largest absolute Gasteiger partial charge is 0.328 e. The maximum atomic E-state index is 11.7. The molecule has 0 saturated carbocycles. The second-order valence-corrected chi connectivity index (χ2v) is 3.28. The van der Waals surface area contributed by atoms with Crippen LogP contribution in [0.1, 0.15) is 21.7 Å². The highest BCUT2D eigenvalue weighted by Gasteiger charge is 2.11. The van der Waals surface area contributed by atoms with Crippen LogP contribution in [-0.4, -0.2) is 26.1 Å². The van der Waals surface area contributed by atoms with Crippen molar-refractivity contribution in [3.05, 3.63) is 29.3 Å². The van der Waals surface area contributed by atoms with E-state index in [1.54, 1.807) is 13.1 Å². The topological polar surface area (TPSA) is 86.5 Å². The number of amides is 1. The van der Waals surface area contributed by atoms with E-state index in [4.69, 9.17) is 0 Å². The highest BCUT2D eigenvalue weighted by molar-refractivity contribution is 6.03. The van der Waals surface area contributed by atoms with E-state index in [1.807, 2.05) is 6.92 Å². The monoisotopic (exact) mass is 205 g/mol. The van der Waals surface area contributed by atoms with E-state index < -0.39 is 0 Å². The molecule has 2 aromatic heterocycles. The first-order valence-electron chi connectivity index (χ1n) is 4.50. The summed E-state index contributed by atoms with van der Waals surface area (Å²) in [5.41, 5.74) is 2.15. The highest BCUT2D eigenvalue weighted by Crippen LogP contribution is 2.07. The van der Waals surface area contributed by atoms with E-state index in [0.29, 0.717) is 11.5 Å². The molecule has 0 aliphatic heterocycles. The van der Waals surface area contributed by atoms with Gasteiger partial charge in [-0.2, -0.15) is 5.10 Å². The second kappa shape index (κ2) is 3.56. The summed E-state index contributed by atoms with van der Waals surface area (Å²) >= 11 is 0. The molecule has 6 nitrogen and oxygen atoms in total. The minimum Gasteiger partial charge on any atom is -0.328 e. The molecular formula is C9H11N5O. The molecule has 0 radical (unpaired) electrons. The number of rotatable bonds is 2. The number of aromatic nitrogens is 4. The number of nitrogens with one attached hydrogen (secondary N) is 3. The van der Waals surface area contributed by atoms with Crippen LogP contribution in [0.4, 0.5) is 5.95 Å². The van der Waals surface area contributed by atoms with Gasteiger partial charge in [-0.05, 0) is 13.8 Å². The van der Waals surface area contributed by atoms with Crippen molar-refractivity contribution in [3.63, 3.8) is 0 Å². The first-order chi connectivity index (χ1) is 7.16. The molecule has 0 aliphatic carbocycles. The third-order valence-corrected chi connectivity index (χ3v) is 2.01. The number of hydrogen-bond donors (Lipinski definition) is 3. The molecule has 0 bridgehead atoms. The molecule has 0 fully saturated rings. The van der Waals surface area contributed by atoms with Crippen molar-refractivity contribution in [3.8, 4) is 0 Å². The van der Waals surface area contributed by atoms with E-state index in [2.05, 4.69) is 25.5 Å². The van der Waals surface area contributed by atoms with E-state index in [0.717, 1.165) is 11.4 Å². The Morgan fingerprint density at radius 1 is 1.40 bits per heavy atom. The van der Waals surface area contributed by atoms with Crippen LogP contribution < -0.4 is 5.32 Å². The molecule has 6 heteroatoms. The SMILES string of the molecule is Cc1cnc(NC(=O)c2cn[nH]c2C)[nH]1. The van der Waals surface area contributed by atoms with Gasteiger partial charge in [0, 0.05) is 17.6 Å². The standard InChI is InChI=1S/C9H11N5O/c1-5-3-10-9(12-5)13-8(15)7-4-11-14-6(7)2/h3-4H,1-2H3,(H,11,14)(H2,10,12,13,15). The molecular weight excluding hydrogens is 194 g/mol. The van der Waals surface area contributed by atoms with Crippen LogP contribution in [0.5, 0.6) is 0 Å². The predicted molar refractivity (Wildman–Crippen MR) is 54.6 cm³/mol. The summed E-state index contributed by atoms with van der Waals surface area (Å²) in [6.07, 6.45) is 3.14. The van der Waals surface area contributed by atoms with E-state index in [9.17, 15) is 4.79 Å². The first-order valence-corrected chi connectivity index (χ1v) is 4.50. The summed E-state index contributed by atoms with van der Waals surface area (Å²) in [6, 6.07) is 0. The minimum absolute atomic E-state index is 0.226. The summed E-state index contributed by atoms with van der Waals surface area (Å²) in [7, 11) is 0. The number of nitrogens with zero attached hydrogens (tertiary/aromatic N) is 2. The van der Waals surface area contributed by atoms with E-state index in [-0.39, 0.29) is 5.91 Å². The Morgan fingerprint density at radius 2 is 2.20 bits per heavy atom. The molecule has 2 heterocycles. The third-order valence-electron chi connectivity index (χ3n) is 2.01. The van der Waals surface area contributed by atoms with Gasteiger partial charge in [0.2, 0.25) is 5.95 Å². The molecule has 0 aliphatic rings. The number of H-pyrrole nitrogens is 2. The lowest BCUT2D eigenvalue weighted by Gasteiger charge is -1.99. The van der Waals surface area contributed by atoms with Gasteiger partial charge in [0.15, 0.2) is 0 Å².